The summed E-state index contributed by atoms with van der Waals surface area (Å²) in [5.74, 6) is -0.305. The number of aliphatic hydroxyl groups excluding tert-OH is 1. The van der Waals surface area contributed by atoms with Crippen molar-refractivity contribution in [3.63, 3.8) is 0 Å². The van der Waals surface area contributed by atoms with Crippen LogP contribution >= 0.6 is 0 Å². The van der Waals surface area contributed by atoms with Crippen molar-refractivity contribution in [1.82, 2.24) is 10.6 Å². The van der Waals surface area contributed by atoms with Gasteiger partial charge in [0, 0.05) is 20.1 Å². The summed E-state index contributed by atoms with van der Waals surface area (Å²) in [6, 6.07) is 30.9. The van der Waals surface area contributed by atoms with E-state index in [0.717, 1.165) is 33.0 Å². The molecular weight excluding hydrogens is 586 g/mol. The monoisotopic (exact) mass is 627 g/mol. The summed E-state index contributed by atoms with van der Waals surface area (Å²) in [6.07, 6.45) is -3.15. The van der Waals surface area contributed by atoms with Crippen molar-refractivity contribution in [3.8, 4) is 11.1 Å². The first-order valence-corrected chi connectivity index (χ1v) is 15.4. The third-order valence-electron chi connectivity index (χ3n) is 7.99. The molecule has 0 saturated carbocycles. The van der Waals surface area contributed by atoms with Crippen molar-refractivity contribution < 1.29 is 33.6 Å². The Hall–Kier alpha value is -4.32. The highest BCUT2D eigenvalue weighted by molar-refractivity contribution is 5.83. The van der Waals surface area contributed by atoms with Gasteiger partial charge in [0.15, 0.2) is 6.29 Å². The van der Waals surface area contributed by atoms with E-state index < -0.39 is 36.7 Å². The van der Waals surface area contributed by atoms with Gasteiger partial charge in [0.1, 0.15) is 24.4 Å². The van der Waals surface area contributed by atoms with E-state index >= 15 is 0 Å². The standard InChI is InChI=1S/C36H41N3O7/c1-43-34-32(39-31(40)12-7-19-38-36(37)42)35(45-22-24-13-16-28(17-14-24)26-8-3-2-4-9-26)46-30(33(34)41)23-44-21-25-15-18-27-10-5-6-11-29(27)20-25/h2-6,8-11,13-18,20,30,32-35,41H,7,12,19,21-23H2,1H3,(H,39,40)(H3,37,38,42)/t30-,32-,33-,34-,35?/m1/s1. The second kappa shape index (κ2) is 16.3. The van der Waals surface area contributed by atoms with E-state index in [2.05, 4.69) is 47.0 Å². The molecule has 1 aliphatic rings. The number of carbonyl (C=O) groups is 2. The van der Waals surface area contributed by atoms with Crippen LogP contribution in [0.2, 0.25) is 0 Å². The van der Waals surface area contributed by atoms with E-state index in [4.69, 9.17) is 24.7 Å². The predicted molar refractivity (Wildman–Crippen MR) is 174 cm³/mol. The van der Waals surface area contributed by atoms with Crippen molar-refractivity contribution in [2.24, 2.45) is 5.73 Å². The van der Waals surface area contributed by atoms with Crippen molar-refractivity contribution in [2.45, 2.75) is 56.7 Å². The molecule has 1 saturated heterocycles. The average Bonchev–Trinajstić information content (AvgIpc) is 3.08. The number of primary amides is 1. The number of urea groups is 1. The maximum atomic E-state index is 12.9. The number of nitrogens with one attached hydrogen (secondary N) is 2. The topological polar surface area (TPSA) is 141 Å². The van der Waals surface area contributed by atoms with E-state index in [9.17, 15) is 14.7 Å². The molecule has 1 heterocycles. The minimum absolute atomic E-state index is 0.0823. The van der Waals surface area contributed by atoms with Crippen LogP contribution in [0.1, 0.15) is 24.0 Å². The summed E-state index contributed by atoms with van der Waals surface area (Å²) in [5.41, 5.74) is 9.22. The van der Waals surface area contributed by atoms with E-state index in [-0.39, 0.29) is 32.1 Å². The molecule has 4 aromatic rings. The molecule has 3 amide bonds. The van der Waals surface area contributed by atoms with E-state index in [1.165, 1.54) is 7.11 Å². The quantitative estimate of drug-likeness (QED) is 0.153. The lowest BCUT2D eigenvalue weighted by Crippen LogP contribution is -2.65. The molecule has 10 nitrogen and oxygen atoms in total. The molecule has 242 valence electrons. The number of benzene rings is 4. The predicted octanol–water partition coefficient (Wildman–Crippen LogP) is 4.27. The second-order valence-corrected chi connectivity index (χ2v) is 11.3. The smallest absolute Gasteiger partial charge is 0.312 e. The molecule has 10 heteroatoms. The van der Waals surface area contributed by atoms with Crippen LogP contribution in [0, 0.1) is 0 Å². The Morgan fingerprint density at radius 3 is 2.30 bits per heavy atom. The number of aliphatic hydroxyl groups is 1. The van der Waals surface area contributed by atoms with E-state index in [0.29, 0.717) is 13.0 Å². The van der Waals surface area contributed by atoms with Crippen LogP contribution in [0.4, 0.5) is 4.79 Å². The third-order valence-corrected chi connectivity index (χ3v) is 7.99. The Labute approximate surface area is 268 Å². The van der Waals surface area contributed by atoms with Crippen LogP contribution in [0.25, 0.3) is 21.9 Å². The number of hydrogen-bond donors (Lipinski definition) is 4. The zero-order valence-electron chi connectivity index (χ0n) is 25.8. The van der Waals surface area contributed by atoms with Crippen LogP contribution < -0.4 is 16.4 Å². The van der Waals surface area contributed by atoms with Crippen LogP contribution in [0.5, 0.6) is 0 Å². The lowest BCUT2D eigenvalue weighted by atomic mass is 9.96. The third kappa shape index (κ3) is 8.90. The molecule has 4 aromatic carbocycles. The summed E-state index contributed by atoms with van der Waals surface area (Å²) >= 11 is 0. The number of ether oxygens (including phenoxy) is 4. The minimum Gasteiger partial charge on any atom is -0.388 e. The number of methoxy groups -OCH3 is 1. The zero-order chi connectivity index (χ0) is 32.3. The Morgan fingerprint density at radius 2 is 1.57 bits per heavy atom. The summed E-state index contributed by atoms with van der Waals surface area (Å²) in [6.45, 7) is 0.869. The molecule has 0 bridgehead atoms. The Morgan fingerprint density at radius 1 is 0.870 bits per heavy atom. The van der Waals surface area contributed by atoms with E-state index in [1.807, 2.05) is 60.7 Å². The Balaban J connectivity index is 1.25. The first kappa shape index (κ1) is 33.1. The van der Waals surface area contributed by atoms with Gasteiger partial charge >= 0.3 is 6.03 Å². The average molecular weight is 628 g/mol. The number of hydrogen-bond acceptors (Lipinski definition) is 7. The minimum atomic E-state index is -1.10. The van der Waals surface area contributed by atoms with Crippen LogP contribution in [0.15, 0.2) is 97.1 Å². The van der Waals surface area contributed by atoms with Crippen molar-refractivity contribution >= 4 is 22.7 Å². The van der Waals surface area contributed by atoms with E-state index in [1.54, 1.807) is 0 Å². The maximum Gasteiger partial charge on any atom is 0.312 e. The SMILES string of the molecule is CO[C@H]1[C@H](O)[C@@H](COCc2ccc3ccccc3c2)OC(OCc2ccc(-c3ccccc3)cc2)[C@@H]1NC(=O)CCCNC(N)=O. The van der Waals surface area contributed by atoms with Crippen LogP contribution in [-0.2, 0) is 37.0 Å². The molecule has 0 aromatic heterocycles. The van der Waals surface area contributed by atoms with Crippen LogP contribution in [0.3, 0.4) is 0 Å². The first-order chi connectivity index (χ1) is 22.4. The van der Waals surface area contributed by atoms with Crippen LogP contribution in [-0.4, -0.2) is 68.0 Å². The van der Waals surface area contributed by atoms with Crippen molar-refractivity contribution in [2.75, 3.05) is 20.3 Å². The van der Waals surface area contributed by atoms with Gasteiger partial charge in [-0.3, -0.25) is 4.79 Å². The lowest BCUT2D eigenvalue weighted by Gasteiger charge is -2.44. The first-order valence-electron chi connectivity index (χ1n) is 15.4. The molecule has 0 radical (unpaired) electrons. The lowest BCUT2D eigenvalue weighted by molar-refractivity contribution is -0.279. The van der Waals surface area contributed by atoms with Crippen molar-refractivity contribution in [1.29, 1.82) is 0 Å². The highest BCUT2D eigenvalue weighted by Gasteiger charge is 2.47. The molecule has 1 fully saturated rings. The molecule has 1 aliphatic heterocycles. The van der Waals surface area contributed by atoms with Gasteiger partial charge in [0.25, 0.3) is 0 Å². The zero-order valence-corrected chi connectivity index (χ0v) is 25.8. The molecule has 5 N–H and O–H groups in total. The summed E-state index contributed by atoms with van der Waals surface area (Å²) in [7, 11) is 1.47. The highest BCUT2D eigenvalue weighted by atomic mass is 16.7. The Kier molecular flexibility index (Phi) is 11.7. The second-order valence-electron chi connectivity index (χ2n) is 11.3. The van der Waals surface area contributed by atoms with Gasteiger partial charge in [-0.2, -0.15) is 0 Å². The molecule has 0 aliphatic carbocycles. The van der Waals surface area contributed by atoms with Gasteiger partial charge in [0.05, 0.1) is 19.8 Å². The van der Waals surface area contributed by atoms with Gasteiger partial charge in [-0.05, 0) is 45.5 Å². The fourth-order valence-electron chi connectivity index (χ4n) is 5.58. The van der Waals surface area contributed by atoms with Gasteiger partial charge in [0.2, 0.25) is 5.91 Å². The molecule has 0 spiro atoms. The number of nitrogens with two attached hydrogens (primary N) is 1. The Bertz CT molecular complexity index is 1570. The van der Waals surface area contributed by atoms with Crippen molar-refractivity contribution in [3.05, 3.63) is 108 Å². The number of carbonyl (C=O) groups excluding carboxylic acids is 2. The molecule has 1 unspecified atom stereocenters. The molecule has 5 rings (SSSR count). The van der Waals surface area contributed by atoms with Gasteiger partial charge in [-0.25, -0.2) is 4.79 Å². The highest BCUT2D eigenvalue weighted by Crippen LogP contribution is 2.27. The molecular formula is C36H41N3O7. The van der Waals surface area contributed by atoms with Gasteiger partial charge in [-0.15, -0.1) is 0 Å². The molecule has 46 heavy (non-hydrogen) atoms. The summed E-state index contributed by atoms with van der Waals surface area (Å²) in [4.78, 5) is 23.9. The number of amides is 3. The largest absolute Gasteiger partial charge is 0.388 e. The number of rotatable bonds is 14. The molecule has 5 atom stereocenters. The van der Waals surface area contributed by atoms with Gasteiger partial charge in [-0.1, -0.05) is 91.0 Å². The maximum absolute atomic E-state index is 12.9. The fourth-order valence-corrected chi connectivity index (χ4v) is 5.58. The number of fused-ring (bicyclic) bond motifs is 1. The normalized spacial score (nSPS) is 21.1. The van der Waals surface area contributed by atoms with Gasteiger partial charge < -0.3 is 40.4 Å². The fraction of sp³-hybridized carbons (Fsp3) is 0.333. The summed E-state index contributed by atoms with van der Waals surface area (Å²) in [5, 5.41) is 18.9. The summed E-state index contributed by atoms with van der Waals surface area (Å²) < 4.78 is 24.2.